The highest BCUT2D eigenvalue weighted by Gasteiger charge is 2.42. The molecule has 0 aromatic rings. The van der Waals surface area contributed by atoms with Crippen LogP contribution < -0.4 is 0 Å². The Balaban J connectivity index is 4.08. The Kier molecular flexibility index (Phi) is 6.53. The number of hydrogen-bond donors (Lipinski definition) is 1. The van der Waals surface area contributed by atoms with E-state index in [1.54, 1.807) is 0 Å². The number of unbranched alkanes of at least 4 members (excludes halogenated alkanes) is 2. The van der Waals surface area contributed by atoms with Gasteiger partial charge in [0.15, 0.2) is 5.16 Å². The Morgan fingerprint density at radius 3 is 1.77 bits per heavy atom. The van der Waals surface area contributed by atoms with E-state index < -0.39 is 8.03 Å². The van der Waals surface area contributed by atoms with E-state index in [9.17, 15) is 9.46 Å². The van der Waals surface area contributed by atoms with Gasteiger partial charge in [0.1, 0.15) is 0 Å². The first-order valence-corrected chi connectivity index (χ1v) is 6.44. The molecule has 2 nitrogen and oxygen atoms in total. The average Bonchev–Trinajstić information content (AvgIpc) is 2.11. The molecule has 0 bridgehead atoms. The van der Waals surface area contributed by atoms with Crippen LogP contribution >= 0.6 is 8.03 Å². The van der Waals surface area contributed by atoms with Gasteiger partial charge in [0.25, 0.3) is 0 Å². The third kappa shape index (κ3) is 4.73. The van der Waals surface area contributed by atoms with Gasteiger partial charge in [0.05, 0.1) is 0 Å². The van der Waals surface area contributed by atoms with Gasteiger partial charge in [0, 0.05) is 0 Å². The van der Waals surface area contributed by atoms with E-state index >= 15 is 0 Å². The first-order valence-electron chi connectivity index (χ1n) is 5.23. The van der Waals surface area contributed by atoms with E-state index in [2.05, 4.69) is 13.8 Å². The van der Waals surface area contributed by atoms with Crippen LogP contribution in [0.15, 0.2) is 0 Å². The summed E-state index contributed by atoms with van der Waals surface area (Å²) in [5.74, 6) is 0. The molecule has 0 fully saturated rings. The van der Waals surface area contributed by atoms with Gasteiger partial charge < -0.3 is 0 Å². The van der Waals surface area contributed by atoms with Crippen LogP contribution in [-0.2, 0) is 4.57 Å². The van der Waals surface area contributed by atoms with E-state index in [1.165, 1.54) is 0 Å². The zero-order chi connectivity index (χ0) is 10.3. The zero-order valence-corrected chi connectivity index (χ0v) is 9.94. The summed E-state index contributed by atoms with van der Waals surface area (Å²) in [4.78, 5) is 9.23. The van der Waals surface area contributed by atoms with Crippen LogP contribution in [0.4, 0.5) is 0 Å². The van der Waals surface area contributed by atoms with Gasteiger partial charge in [-0.1, -0.05) is 26.7 Å². The van der Waals surface area contributed by atoms with Crippen molar-refractivity contribution in [3.63, 3.8) is 0 Å². The minimum absolute atomic E-state index is 0.332. The molecule has 0 radical (unpaired) electrons. The van der Waals surface area contributed by atoms with Crippen molar-refractivity contribution in [2.45, 2.75) is 64.5 Å². The maximum atomic E-state index is 11.2. The molecule has 0 heterocycles. The van der Waals surface area contributed by atoms with E-state index in [-0.39, 0.29) is 5.16 Å². The Hall–Kier alpha value is 0.0600. The molecule has 1 atom stereocenters. The van der Waals surface area contributed by atoms with E-state index in [0.29, 0.717) is 0 Å². The lowest BCUT2D eigenvalue weighted by Crippen LogP contribution is -2.19. The minimum Gasteiger partial charge on any atom is -0.160 e. The highest BCUT2D eigenvalue weighted by atomic mass is 31.1. The van der Waals surface area contributed by atoms with Crippen molar-refractivity contribution in [2.24, 2.45) is 0 Å². The summed E-state index contributed by atoms with van der Waals surface area (Å²) in [5, 5.41) is -0.332. The predicted molar refractivity (Wildman–Crippen MR) is 57.3 cm³/mol. The molecule has 0 amide bonds. The highest BCUT2D eigenvalue weighted by molar-refractivity contribution is 7.40. The van der Waals surface area contributed by atoms with Gasteiger partial charge in [-0.15, -0.1) is 0 Å². The van der Waals surface area contributed by atoms with E-state index in [0.717, 1.165) is 38.5 Å². The van der Waals surface area contributed by atoms with Crippen molar-refractivity contribution in [3.8, 4) is 0 Å². The summed E-state index contributed by atoms with van der Waals surface area (Å²) in [6.45, 7) is 6.17. The molecular formula is C10H22O2P+. The van der Waals surface area contributed by atoms with Gasteiger partial charge in [-0.05, 0) is 37.2 Å². The van der Waals surface area contributed by atoms with Crippen LogP contribution in [0.5, 0.6) is 0 Å². The van der Waals surface area contributed by atoms with Crippen molar-refractivity contribution < 1.29 is 9.46 Å². The van der Waals surface area contributed by atoms with Gasteiger partial charge in [-0.3, -0.25) is 0 Å². The first kappa shape index (κ1) is 13.1. The van der Waals surface area contributed by atoms with Gasteiger partial charge in [-0.25, -0.2) is 0 Å². The fraction of sp³-hybridized carbons (Fsp3) is 1.00. The molecular weight excluding hydrogens is 183 g/mol. The summed E-state index contributed by atoms with van der Waals surface area (Å²) < 4.78 is 11.2. The first-order chi connectivity index (χ1) is 6.06. The quantitative estimate of drug-likeness (QED) is 0.641. The molecule has 78 valence electrons. The molecule has 1 unspecified atom stereocenters. The van der Waals surface area contributed by atoms with Crippen LogP contribution in [0.1, 0.15) is 59.3 Å². The molecule has 0 spiro atoms. The summed E-state index contributed by atoms with van der Waals surface area (Å²) in [6.07, 6.45) is 6.09. The second-order valence-electron chi connectivity index (χ2n) is 3.98. The molecule has 1 N–H and O–H groups in total. The zero-order valence-electron chi connectivity index (χ0n) is 9.05. The number of hydrogen-bond acceptors (Lipinski definition) is 1. The predicted octanol–water partition coefficient (Wildman–Crippen LogP) is 3.86. The topological polar surface area (TPSA) is 37.3 Å². The molecule has 0 aromatic carbocycles. The van der Waals surface area contributed by atoms with Gasteiger partial charge in [0.2, 0.25) is 0 Å². The molecule has 3 heteroatoms. The van der Waals surface area contributed by atoms with Crippen LogP contribution in [-0.4, -0.2) is 10.0 Å². The van der Waals surface area contributed by atoms with Crippen LogP contribution in [0.25, 0.3) is 0 Å². The second kappa shape index (κ2) is 6.50. The van der Waals surface area contributed by atoms with Crippen molar-refractivity contribution in [2.75, 3.05) is 0 Å². The standard InChI is InChI=1S/C10H21O2P/c1-4-6-8-10(3,13(11)12)9-7-5-2/h4-9H2,1-3H3/p+1. The largest absolute Gasteiger partial charge is 0.511 e. The lowest BCUT2D eigenvalue weighted by molar-refractivity contribution is 0.409. The van der Waals surface area contributed by atoms with Crippen LogP contribution in [0.3, 0.4) is 0 Å². The number of rotatable bonds is 7. The molecule has 0 saturated carbocycles. The normalized spacial score (nSPS) is 13.1. The van der Waals surface area contributed by atoms with Gasteiger partial charge >= 0.3 is 8.03 Å². The highest BCUT2D eigenvalue weighted by Crippen LogP contribution is 2.43. The molecule has 0 aliphatic heterocycles. The summed E-state index contributed by atoms with van der Waals surface area (Å²) in [6, 6.07) is 0. The minimum atomic E-state index is -2.02. The van der Waals surface area contributed by atoms with Gasteiger partial charge in [-0.2, -0.15) is 4.89 Å². The second-order valence-corrected chi connectivity index (χ2v) is 5.60. The van der Waals surface area contributed by atoms with Crippen LogP contribution in [0, 0.1) is 0 Å². The third-order valence-electron chi connectivity index (χ3n) is 2.60. The van der Waals surface area contributed by atoms with Crippen molar-refractivity contribution in [1.82, 2.24) is 0 Å². The molecule has 0 rings (SSSR count). The van der Waals surface area contributed by atoms with Crippen molar-refractivity contribution >= 4 is 8.03 Å². The molecule has 0 aromatic heterocycles. The van der Waals surface area contributed by atoms with Crippen molar-refractivity contribution in [3.05, 3.63) is 0 Å². The van der Waals surface area contributed by atoms with E-state index in [1.807, 2.05) is 6.92 Å². The maximum Gasteiger partial charge on any atom is 0.511 e. The molecule has 0 aliphatic carbocycles. The lowest BCUT2D eigenvalue weighted by Gasteiger charge is -2.15. The maximum absolute atomic E-state index is 11.2. The van der Waals surface area contributed by atoms with E-state index in [4.69, 9.17) is 0 Å². The molecule has 0 aliphatic rings. The fourth-order valence-electron chi connectivity index (χ4n) is 1.43. The molecule has 0 saturated heterocycles. The summed E-state index contributed by atoms with van der Waals surface area (Å²) in [5.41, 5.74) is 0. The average molecular weight is 205 g/mol. The molecule has 13 heavy (non-hydrogen) atoms. The fourth-order valence-corrected chi connectivity index (χ4v) is 2.13. The Morgan fingerprint density at radius 1 is 1.15 bits per heavy atom. The van der Waals surface area contributed by atoms with Crippen molar-refractivity contribution in [1.29, 1.82) is 0 Å². The Labute approximate surface area is 82.6 Å². The third-order valence-corrected chi connectivity index (χ3v) is 3.97. The smallest absolute Gasteiger partial charge is 0.160 e. The Bertz CT molecular complexity index is 149. The van der Waals surface area contributed by atoms with Crippen LogP contribution in [0.2, 0.25) is 0 Å². The SMILES string of the molecule is CCCCC(C)(CCCC)[P+](=O)O. The monoisotopic (exact) mass is 205 g/mol. The lowest BCUT2D eigenvalue weighted by atomic mass is 9.97. The summed E-state index contributed by atoms with van der Waals surface area (Å²) >= 11 is 0. The summed E-state index contributed by atoms with van der Waals surface area (Å²) in [7, 11) is -2.02. The Morgan fingerprint density at radius 2 is 1.54 bits per heavy atom.